The highest BCUT2D eigenvalue weighted by Gasteiger charge is 2.23. The van der Waals surface area contributed by atoms with Gasteiger partial charge in [0.05, 0.1) is 22.3 Å². The summed E-state index contributed by atoms with van der Waals surface area (Å²) < 4.78 is 1.93. The first kappa shape index (κ1) is 25.1. The summed E-state index contributed by atoms with van der Waals surface area (Å²) >= 11 is 6.42. The van der Waals surface area contributed by atoms with Gasteiger partial charge in [-0.25, -0.2) is 9.78 Å². The van der Waals surface area contributed by atoms with E-state index in [1.54, 1.807) is 0 Å². The van der Waals surface area contributed by atoms with Gasteiger partial charge in [0.1, 0.15) is 11.0 Å². The average Bonchev–Trinajstić information content (AvgIpc) is 3.29. The summed E-state index contributed by atoms with van der Waals surface area (Å²) in [6.45, 7) is 2.71. The van der Waals surface area contributed by atoms with Crippen molar-refractivity contribution in [2.24, 2.45) is 5.73 Å². The zero-order valence-corrected chi connectivity index (χ0v) is 22.2. The van der Waals surface area contributed by atoms with Crippen molar-refractivity contribution in [1.82, 2.24) is 19.4 Å². The molecule has 1 saturated heterocycles. The van der Waals surface area contributed by atoms with Gasteiger partial charge in [-0.1, -0.05) is 78.3 Å². The highest BCUT2D eigenvalue weighted by atomic mass is 35.5. The monoisotopic (exact) mass is 536 g/mol. The van der Waals surface area contributed by atoms with Crippen LogP contribution in [0.25, 0.3) is 33.4 Å². The largest absolute Gasteiger partial charge is 0.384 e. The first-order valence-electron chi connectivity index (χ1n) is 13.1. The lowest BCUT2D eigenvalue weighted by molar-refractivity contribution is 0.180. The van der Waals surface area contributed by atoms with E-state index in [4.69, 9.17) is 22.7 Å². The predicted octanol–water partition coefficient (Wildman–Crippen LogP) is 5.83. The minimum absolute atomic E-state index is 0.0230. The maximum absolute atomic E-state index is 12.6. The minimum Gasteiger partial charge on any atom is -0.384 e. The van der Waals surface area contributed by atoms with Gasteiger partial charge in [-0.3, -0.25) is 14.9 Å². The second-order valence-electron chi connectivity index (χ2n) is 10.0. The number of fused-ring (bicyclic) bond motifs is 1. The van der Waals surface area contributed by atoms with E-state index < -0.39 is 0 Å². The number of nitrogen functional groups attached to an aromatic ring is 1. The van der Waals surface area contributed by atoms with Crippen LogP contribution in [-0.2, 0) is 6.54 Å². The van der Waals surface area contributed by atoms with E-state index >= 15 is 0 Å². The average molecular weight is 537 g/mol. The summed E-state index contributed by atoms with van der Waals surface area (Å²) in [4.78, 5) is 22.7. The lowest BCUT2D eigenvalue weighted by Gasteiger charge is -2.32. The molecule has 3 aromatic carbocycles. The van der Waals surface area contributed by atoms with Crippen molar-refractivity contribution < 1.29 is 0 Å². The zero-order valence-electron chi connectivity index (χ0n) is 21.4. The number of para-hydroxylation sites is 2. The first-order valence-corrected chi connectivity index (χ1v) is 13.5. The molecule has 0 aliphatic carbocycles. The Hall–Kier alpha value is -4.20. The number of pyridine rings is 1. The highest BCUT2D eigenvalue weighted by molar-refractivity contribution is 6.33. The van der Waals surface area contributed by atoms with Gasteiger partial charge in [0.25, 0.3) is 0 Å². The number of benzene rings is 3. The fraction of sp³-hybridized carbons (Fsp3) is 0.194. The smallest absolute Gasteiger partial charge is 0.326 e. The van der Waals surface area contributed by atoms with Crippen LogP contribution in [0.3, 0.4) is 0 Å². The van der Waals surface area contributed by atoms with Crippen LogP contribution in [0.5, 0.6) is 0 Å². The molecule has 0 saturated carbocycles. The maximum atomic E-state index is 12.6. The fourth-order valence-electron chi connectivity index (χ4n) is 5.54. The minimum atomic E-state index is -0.107. The molecule has 6 rings (SSSR count). The SMILES string of the molecule is N=C(N)c1cc(-c2ccccc2)c(-c2ccc(CN3CCC(n4c(=O)[nH]c5ccccc54)CC3)cc2)nc1Cl. The number of nitrogens with one attached hydrogen (secondary N) is 2. The van der Waals surface area contributed by atoms with Gasteiger partial charge >= 0.3 is 5.69 Å². The molecule has 1 fully saturated rings. The summed E-state index contributed by atoms with van der Waals surface area (Å²) in [5.74, 6) is -0.107. The number of amidine groups is 1. The van der Waals surface area contributed by atoms with Crippen LogP contribution in [0.2, 0.25) is 5.15 Å². The summed E-state index contributed by atoms with van der Waals surface area (Å²) in [6, 6.07) is 28.3. The van der Waals surface area contributed by atoms with Crippen LogP contribution in [-0.4, -0.2) is 38.4 Å². The molecule has 5 aromatic rings. The summed E-state index contributed by atoms with van der Waals surface area (Å²) in [7, 11) is 0. The van der Waals surface area contributed by atoms with Crippen molar-refractivity contribution >= 4 is 28.5 Å². The molecule has 0 amide bonds. The molecular weight excluding hydrogens is 508 g/mol. The number of imidazole rings is 1. The normalized spacial score (nSPS) is 14.6. The Morgan fingerprint density at radius 1 is 0.974 bits per heavy atom. The lowest BCUT2D eigenvalue weighted by Crippen LogP contribution is -2.36. The standard InChI is InChI=1S/C31H29ClN6O/c32-29-25(30(33)34)18-24(21-6-2-1-3-7-21)28(36-29)22-12-10-20(11-13-22)19-37-16-14-23(15-17-37)38-27-9-5-4-8-26(27)35-31(38)39/h1-13,18,23H,14-17,19H2,(H3,33,34)(H,35,39). The molecule has 0 unspecified atom stereocenters. The predicted molar refractivity (Wildman–Crippen MR) is 157 cm³/mol. The van der Waals surface area contributed by atoms with Crippen molar-refractivity contribution in [3.63, 3.8) is 0 Å². The van der Waals surface area contributed by atoms with Gasteiger partial charge in [-0.05, 0) is 42.2 Å². The Morgan fingerprint density at radius 2 is 1.67 bits per heavy atom. The first-order chi connectivity index (χ1) is 19.0. The Morgan fingerprint density at radius 3 is 2.38 bits per heavy atom. The number of aromatic amines is 1. The number of hydrogen-bond acceptors (Lipinski definition) is 4. The second-order valence-corrected chi connectivity index (χ2v) is 10.4. The molecule has 0 atom stereocenters. The van der Waals surface area contributed by atoms with Gasteiger partial charge in [0.15, 0.2) is 0 Å². The van der Waals surface area contributed by atoms with E-state index in [0.717, 1.165) is 65.9 Å². The van der Waals surface area contributed by atoms with Crippen LogP contribution >= 0.6 is 11.6 Å². The zero-order chi connectivity index (χ0) is 26.9. The van der Waals surface area contributed by atoms with Crippen LogP contribution in [0.4, 0.5) is 0 Å². The molecule has 2 aromatic heterocycles. The van der Waals surface area contributed by atoms with Gasteiger partial charge in [-0.2, -0.15) is 0 Å². The number of likely N-dealkylation sites (tertiary alicyclic amines) is 1. The molecule has 3 heterocycles. The number of aromatic nitrogens is 3. The number of H-pyrrole nitrogens is 1. The Balaban J connectivity index is 1.19. The number of piperidine rings is 1. The van der Waals surface area contributed by atoms with E-state index in [9.17, 15) is 4.79 Å². The van der Waals surface area contributed by atoms with Crippen LogP contribution in [0.1, 0.15) is 30.0 Å². The van der Waals surface area contributed by atoms with Gasteiger partial charge in [-0.15, -0.1) is 0 Å². The van der Waals surface area contributed by atoms with E-state index in [2.05, 4.69) is 39.1 Å². The van der Waals surface area contributed by atoms with E-state index in [1.165, 1.54) is 5.56 Å². The Labute approximate surface area is 231 Å². The van der Waals surface area contributed by atoms with E-state index in [0.29, 0.717) is 5.56 Å². The molecule has 0 bridgehead atoms. The molecule has 196 valence electrons. The molecule has 0 spiro atoms. The van der Waals surface area contributed by atoms with Crippen molar-refractivity contribution in [3.8, 4) is 22.4 Å². The second kappa shape index (κ2) is 10.5. The lowest BCUT2D eigenvalue weighted by atomic mass is 9.97. The van der Waals surface area contributed by atoms with Crippen molar-refractivity contribution in [2.75, 3.05) is 13.1 Å². The summed E-state index contributed by atoms with van der Waals surface area (Å²) in [6.07, 6.45) is 1.87. The number of nitrogens with two attached hydrogens (primary N) is 1. The fourth-order valence-corrected chi connectivity index (χ4v) is 5.78. The summed E-state index contributed by atoms with van der Waals surface area (Å²) in [5, 5.41) is 8.11. The third-order valence-electron chi connectivity index (χ3n) is 7.53. The number of rotatable bonds is 6. The molecule has 39 heavy (non-hydrogen) atoms. The van der Waals surface area contributed by atoms with Crippen LogP contribution < -0.4 is 11.4 Å². The molecule has 0 radical (unpaired) electrons. The molecule has 1 aliphatic rings. The quantitative estimate of drug-likeness (QED) is 0.144. The van der Waals surface area contributed by atoms with Crippen LogP contribution in [0.15, 0.2) is 89.7 Å². The van der Waals surface area contributed by atoms with Crippen molar-refractivity contribution in [3.05, 3.63) is 112 Å². The van der Waals surface area contributed by atoms with Crippen molar-refractivity contribution in [2.45, 2.75) is 25.4 Å². The Kier molecular flexibility index (Phi) is 6.77. The highest BCUT2D eigenvalue weighted by Crippen LogP contribution is 2.34. The molecule has 4 N–H and O–H groups in total. The van der Waals surface area contributed by atoms with E-state index in [1.807, 2.05) is 65.2 Å². The van der Waals surface area contributed by atoms with Crippen LogP contribution in [0, 0.1) is 5.41 Å². The maximum Gasteiger partial charge on any atom is 0.326 e. The number of nitrogens with zero attached hydrogens (tertiary/aromatic N) is 3. The third kappa shape index (κ3) is 4.99. The molecule has 8 heteroatoms. The topological polar surface area (TPSA) is 104 Å². The van der Waals surface area contributed by atoms with E-state index in [-0.39, 0.29) is 22.7 Å². The molecular formula is C31H29ClN6O. The number of hydrogen-bond donors (Lipinski definition) is 3. The Bertz CT molecular complexity index is 1700. The number of halogens is 1. The van der Waals surface area contributed by atoms with Gasteiger partial charge in [0.2, 0.25) is 0 Å². The van der Waals surface area contributed by atoms with Gasteiger partial charge < -0.3 is 10.7 Å². The van der Waals surface area contributed by atoms with Gasteiger partial charge in [0, 0.05) is 36.8 Å². The molecule has 7 nitrogen and oxygen atoms in total. The summed E-state index contributed by atoms with van der Waals surface area (Å²) in [5.41, 5.74) is 12.8. The molecule has 1 aliphatic heterocycles. The van der Waals surface area contributed by atoms with Crippen molar-refractivity contribution in [1.29, 1.82) is 5.41 Å². The third-order valence-corrected chi connectivity index (χ3v) is 7.82.